The number of methoxy groups -OCH3 is 1. The summed E-state index contributed by atoms with van der Waals surface area (Å²) in [5, 5.41) is 9.16. The van der Waals surface area contributed by atoms with Gasteiger partial charge in [-0.3, -0.25) is 9.78 Å². The summed E-state index contributed by atoms with van der Waals surface area (Å²) in [5.41, 5.74) is 9.22. The highest BCUT2D eigenvalue weighted by atomic mass is 16.5. The second kappa shape index (κ2) is 15.6. The van der Waals surface area contributed by atoms with Gasteiger partial charge < -0.3 is 14.6 Å². The summed E-state index contributed by atoms with van der Waals surface area (Å²) in [5.74, 6) is 0.804. The molecule has 184 valence electrons. The molecule has 0 atom stereocenters. The number of carbonyl (C=O) groups excluding carboxylic acids is 1. The van der Waals surface area contributed by atoms with E-state index in [1.165, 1.54) is 23.8 Å². The van der Waals surface area contributed by atoms with Crippen LogP contribution >= 0.6 is 0 Å². The van der Waals surface area contributed by atoms with Crippen LogP contribution in [0.1, 0.15) is 49.6 Å². The predicted octanol–water partition coefficient (Wildman–Crippen LogP) is 6.48. The average Bonchev–Trinajstić information content (AvgIpc) is 2.86. The van der Waals surface area contributed by atoms with E-state index >= 15 is 0 Å². The summed E-state index contributed by atoms with van der Waals surface area (Å²) < 4.78 is 9.66. The third-order valence-corrected chi connectivity index (χ3v) is 5.13. The first-order valence-corrected chi connectivity index (χ1v) is 11.8. The molecule has 0 radical (unpaired) electrons. The lowest BCUT2D eigenvalue weighted by Gasteiger charge is -2.19. The highest BCUT2D eigenvalue weighted by molar-refractivity contribution is 5.88. The largest absolute Gasteiger partial charge is 0.491 e. The Kier molecular flexibility index (Phi) is 13.3. The van der Waals surface area contributed by atoms with Crippen molar-refractivity contribution in [3.05, 3.63) is 71.0 Å². The summed E-state index contributed by atoms with van der Waals surface area (Å²) in [6.45, 7) is 13.1. The van der Waals surface area contributed by atoms with Crippen LogP contribution in [0, 0.1) is 20.8 Å². The highest BCUT2D eigenvalue weighted by Crippen LogP contribution is 2.40. The quantitative estimate of drug-likeness (QED) is 0.386. The Labute approximate surface area is 204 Å². The van der Waals surface area contributed by atoms with E-state index in [-0.39, 0.29) is 13.2 Å². The van der Waals surface area contributed by atoms with Crippen molar-refractivity contribution in [1.82, 2.24) is 4.98 Å². The molecule has 0 aliphatic carbocycles. The number of hydrogen-bond acceptors (Lipinski definition) is 5. The van der Waals surface area contributed by atoms with Crippen molar-refractivity contribution in [2.75, 3.05) is 20.3 Å². The van der Waals surface area contributed by atoms with E-state index in [2.05, 4.69) is 66.9 Å². The van der Waals surface area contributed by atoms with Crippen molar-refractivity contribution in [3.8, 4) is 28.0 Å². The van der Waals surface area contributed by atoms with Gasteiger partial charge in [0.25, 0.3) is 6.47 Å². The van der Waals surface area contributed by atoms with Gasteiger partial charge in [-0.15, -0.1) is 0 Å². The molecule has 0 spiro atoms. The molecule has 0 amide bonds. The maximum absolute atomic E-state index is 9.16. The topological polar surface area (TPSA) is 68.7 Å². The van der Waals surface area contributed by atoms with Crippen molar-refractivity contribution in [3.63, 3.8) is 0 Å². The van der Waals surface area contributed by atoms with Gasteiger partial charge in [-0.05, 0) is 72.7 Å². The number of rotatable bonds is 8. The Morgan fingerprint density at radius 1 is 1.03 bits per heavy atom. The molecule has 0 saturated carbocycles. The minimum absolute atomic E-state index is 0.000611. The molecule has 1 N–H and O–H groups in total. The fourth-order valence-corrected chi connectivity index (χ4v) is 3.67. The van der Waals surface area contributed by atoms with Crippen LogP contribution in [0.3, 0.4) is 0 Å². The summed E-state index contributed by atoms with van der Waals surface area (Å²) in [4.78, 5) is 13.5. The molecule has 5 heteroatoms. The molecule has 2 aromatic carbocycles. The van der Waals surface area contributed by atoms with E-state index in [1.807, 2.05) is 33.0 Å². The SMILES string of the molecule is CC.CCCc1cccc(-c2ccc(OCCO)c(C)c2-c2cc(C)cnc2C)c1.COC=O. The van der Waals surface area contributed by atoms with E-state index < -0.39 is 0 Å². The summed E-state index contributed by atoms with van der Waals surface area (Å²) in [7, 11) is 1.31. The van der Waals surface area contributed by atoms with Gasteiger partial charge in [0.15, 0.2) is 0 Å². The van der Waals surface area contributed by atoms with Gasteiger partial charge >= 0.3 is 0 Å². The van der Waals surface area contributed by atoms with Crippen molar-refractivity contribution < 1.29 is 19.4 Å². The molecule has 5 nitrogen and oxygen atoms in total. The van der Waals surface area contributed by atoms with E-state index in [0.29, 0.717) is 6.47 Å². The number of benzene rings is 2. The highest BCUT2D eigenvalue weighted by Gasteiger charge is 2.17. The van der Waals surface area contributed by atoms with Crippen LogP contribution in [0.25, 0.3) is 22.3 Å². The number of nitrogens with zero attached hydrogens (tertiary/aromatic N) is 1. The van der Waals surface area contributed by atoms with Crippen LogP contribution in [0.2, 0.25) is 0 Å². The van der Waals surface area contributed by atoms with Gasteiger partial charge in [0.2, 0.25) is 0 Å². The summed E-state index contributed by atoms with van der Waals surface area (Å²) in [6.07, 6.45) is 4.11. The average molecular weight is 466 g/mol. The molecule has 0 aliphatic rings. The molecule has 0 aliphatic heterocycles. The standard InChI is InChI=1S/C25H29NO2.C2H4O2.C2H6/c1-5-7-20-8-6-9-21(15-20)22-10-11-24(28-13-12-27)18(3)25(22)23-14-17(2)16-26-19(23)4;1-4-2-3;1-2/h6,8-11,14-16,27H,5,7,12-13H2,1-4H3;2H,1H3;1-2H3. The molecular formula is C29H39NO4. The van der Waals surface area contributed by atoms with Crippen LogP contribution in [0.15, 0.2) is 48.7 Å². The molecule has 0 saturated heterocycles. The Morgan fingerprint density at radius 3 is 2.35 bits per heavy atom. The number of aliphatic hydroxyl groups is 1. The smallest absolute Gasteiger partial charge is 0.292 e. The Bertz CT molecular complexity index is 1030. The van der Waals surface area contributed by atoms with E-state index in [1.54, 1.807) is 0 Å². The monoisotopic (exact) mass is 465 g/mol. The number of ether oxygens (including phenoxy) is 2. The number of carbonyl (C=O) groups is 1. The van der Waals surface area contributed by atoms with Crippen LogP contribution in [0.4, 0.5) is 0 Å². The van der Waals surface area contributed by atoms with Gasteiger partial charge in [-0.25, -0.2) is 0 Å². The summed E-state index contributed by atoms with van der Waals surface area (Å²) in [6, 6.07) is 15.1. The zero-order valence-corrected chi connectivity index (χ0v) is 21.6. The van der Waals surface area contributed by atoms with Crippen molar-refractivity contribution >= 4 is 6.47 Å². The summed E-state index contributed by atoms with van der Waals surface area (Å²) >= 11 is 0. The van der Waals surface area contributed by atoms with Crippen LogP contribution < -0.4 is 4.74 Å². The number of pyridine rings is 1. The molecule has 0 fully saturated rings. The molecule has 3 aromatic rings. The van der Waals surface area contributed by atoms with Crippen LogP contribution in [0.5, 0.6) is 5.75 Å². The van der Waals surface area contributed by atoms with E-state index in [4.69, 9.17) is 14.6 Å². The van der Waals surface area contributed by atoms with E-state index in [0.717, 1.165) is 46.5 Å². The lowest BCUT2D eigenvalue weighted by Crippen LogP contribution is -2.04. The Morgan fingerprint density at radius 2 is 1.74 bits per heavy atom. The van der Waals surface area contributed by atoms with Gasteiger partial charge in [0.05, 0.1) is 13.7 Å². The van der Waals surface area contributed by atoms with Crippen molar-refractivity contribution in [2.24, 2.45) is 0 Å². The van der Waals surface area contributed by atoms with Crippen molar-refractivity contribution in [2.45, 2.75) is 54.4 Å². The Balaban J connectivity index is 0.000000872. The van der Waals surface area contributed by atoms with Gasteiger partial charge in [0.1, 0.15) is 12.4 Å². The fourth-order valence-electron chi connectivity index (χ4n) is 3.67. The zero-order chi connectivity index (χ0) is 25.5. The number of aromatic nitrogens is 1. The maximum Gasteiger partial charge on any atom is 0.292 e. The third kappa shape index (κ3) is 7.99. The second-order valence-corrected chi connectivity index (χ2v) is 7.61. The lowest BCUT2D eigenvalue weighted by atomic mass is 9.88. The number of hydrogen-bond donors (Lipinski definition) is 1. The predicted molar refractivity (Wildman–Crippen MR) is 140 cm³/mol. The molecule has 1 heterocycles. The minimum atomic E-state index is 0.000611. The molecule has 1 aromatic heterocycles. The molecule has 0 bridgehead atoms. The first kappa shape index (κ1) is 28.9. The number of aliphatic hydroxyl groups excluding tert-OH is 1. The fraction of sp³-hybridized carbons (Fsp3) is 0.379. The normalized spacial score (nSPS) is 9.76. The van der Waals surface area contributed by atoms with Crippen molar-refractivity contribution in [1.29, 1.82) is 0 Å². The third-order valence-electron chi connectivity index (χ3n) is 5.13. The Hall–Kier alpha value is -3.18. The number of aryl methyl sites for hydroxylation is 3. The zero-order valence-electron chi connectivity index (χ0n) is 21.6. The van der Waals surface area contributed by atoms with Gasteiger partial charge in [-0.1, -0.05) is 57.5 Å². The first-order chi connectivity index (χ1) is 16.5. The van der Waals surface area contributed by atoms with E-state index in [9.17, 15) is 0 Å². The molecule has 34 heavy (non-hydrogen) atoms. The van der Waals surface area contributed by atoms with Gasteiger partial charge in [-0.2, -0.15) is 0 Å². The molecule has 0 unspecified atom stereocenters. The molecular weight excluding hydrogens is 426 g/mol. The van der Waals surface area contributed by atoms with Gasteiger partial charge in [0, 0.05) is 17.5 Å². The first-order valence-electron chi connectivity index (χ1n) is 11.8. The maximum atomic E-state index is 9.16. The lowest BCUT2D eigenvalue weighted by molar-refractivity contribution is -0.126. The molecule has 3 rings (SSSR count). The minimum Gasteiger partial charge on any atom is -0.491 e. The second-order valence-electron chi connectivity index (χ2n) is 7.61. The van der Waals surface area contributed by atoms with Crippen LogP contribution in [-0.4, -0.2) is 36.9 Å². The van der Waals surface area contributed by atoms with Crippen LogP contribution in [-0.2, 0) is 16.0 Å².